The first-order valence-corrected chi connectivity index (χ1v) is 7.64. The number of esters is 1. The Labute approximate surface area is 148 Å². The zero-order chi connectivity index (χ0) is 18.4. The van der Waals surface area contributed by atoms with Gasteiger partial charge in [-0.3, -0.25) is 4.79 Å². The van der Waals surface area contributed by atoms with E-state index >= 15 is 0 Å². The summed E-state index contributed by atoms with van der Waals surface area (Å²) in [7, 11) is 0. The smallest absolute Gasteiger partial charge is 0.331 e. The standard InChI is InChI=1S/C18H14ClF2NO3/c1-11(18(24)22-16-8-7-13(19)10-15(16)21)25-17(23)9-6-12-4-2-3-5-14(12)20/h2-11H,1H3,(H,22,24)/b9-6+/t11-/m1/s1. The molecule has 0 saturated carbocycles. The van der Waals surface area contributed by atoms with E-state index in [9.17, 15) is 18.4 Å². The van der Waals surface area contributed by atoms with Crippen molar-refractivity contribution in [2.75, 3.05) is 5.32 Å². The lowest BCUT2D eigenvalue weighted by Gasteiger charge is -2.13. The van der Waals surface area contributed by atoms with Crippen LogP contribution < -0.4 is 5.32 Å². The highest BCUT2D eigenvalue weighted by Crippen LogP contribution is 2.19. The normalized spacial score (nSPS) is 12.0. The summed E-state index contributed by atoms with van der Waals surface area (Å²) in [6.07, 6.45) is 1.07. The molecule has 7 heteroatoms. The Bertz CT molecular complexity index is 824. The average molecular weight is 366 g/mol. The Hall–Kier alpha value is -2.73. The molecule has 0 bridgehead atoms. The van der Waals surface area contributed by atoms with Gasteiger partial charge in [-0.25, -0.2) is 13.6 Å². The SMILES string of the molecule is C[C@@H](OC(=O)/C=C/c1ccccc1F)C(=O)Nc1ccc(Cl)cc1F. The van der Waals surface area contributed by atoms with E-state index in [1.165, 1.54) is 43.3 Å². The molecule has 0 aromatic heterocycles. The Morgan fingerprint density at radius 2 is 1.88 bits per heavy atom. The van der Waals surface area contributed by atoms with Crippen LogP contribution in [-0.4, -0.2) is 18.0 Å². The molecule has 0 unspecified atom stereocenters. The lowest BCUT2D eigenvalue weighted by molar-refractivity contribution is -0.148. The lowest BCUT2D eigenvalue weighted by atomic mass is 10.2. The maximum Gasteiger partial charge on any atom is 0.331 e. The molecule has 0 spiro atoms. The van der Waals surface area contributed by atoms with Crippen molar-refractivity contribution in [2.24, 2.45) is 0 Å². The van der Waals surface area contributed by atoms with Gasteiger partial charge in [-0.2, -0.15) is 0 Å². The number of halogens is 3. The fraction of sp³-hybridized carbons (Fsp3) is 0.111. The molecule has 0 saturated heterocycles. The lowest BCUT2D eigenvalue weighted by Crippen LogP contribution is -2.29. The van der Waals surface area contributed by atoms with Gasteiger partial charge in [0.2, 0.25) is 0 Å². The molecule has 2 aromatic rings. The van der Waals surface area contributed by atoms with Crippen molar-refractivity contribution >= 4 is 35.2 Å². The van der Waals surface area contributed by atoms with E-state index in [2.05, 4.69) is 5.32 Å². The van der Waals surface area contributed by atoms with Crippen LogP contribution in [-0.2, 0) is 14.3 Å². The van der Waals surface area contributed by atoms with Crippen LogP contribution in [0.1, 0.15) is 12.5 Å². The molecule has 2 aromatic carbocycles. The zero-order valence-corrected chi connectivity index (χ0v) is 13.9. The number of carbonyl (C=O) groups excluding carboxylic acids is 2. The van der Waals surface area contributed by atoms with Gasteiger partial charge in [-0.15, -0.1) is 0 Å². The second kappa shape index (κ2) is 8.39. The molecule has 0 heterocycles. The minimum absolute atomic E-state index is 0.0841. The van der Waals surface area contributed by atoms with Crippen molar-refractivity contribution < 1.29 is 23.1 Å². The van der Waals surface area contributed by atoms with Crippen LogP contribution in [0.2, 0.25) is 5.02 Å². The van der Waals surface area contributed by atoms with Crippen LogP contribution in [0.25, 0.3) is 6.08 Å². The maximum atomic E-state index is 13.6. The first kappa shape index (κ1) is 18.6. The molecule has 25 heavy (non-hydrogen) atoms. The number of nitrogens with one attached hydrogen (secondary N) is 1. The van der Waals surface area contributed by atoms with Gasteiger partial charge in [0.1, 0.15) is 11.6 Å². The highest BCUT2D eigenvalue weighted by atomic mass is 35.5. The van der Waals surface area contributed by atoms with E-state index < -0.39 is 29.6 Å². The first-order chi connectivity index (χ1) is 11.9. The predicted octanol–water partition coefficient (Wildman–Crippen LogP) is 4.20. The van der Waals surface area contributed by atoms with Crippen LogP contribution in [0.3, 0.4) is 0 Å². The summed E-state index contributed by atoms with van der Waals surface area (Å²) in [5.74, 6) is -2.74. The molecule has 0 fully saturated rings. The number of carbonyl (C=O) groups is 2. The van der Waals surface area contributed by atoms with Crippen molar-refractivity contribution in [2.45, 2.75) is 13.0 Å². The van der Waals surface area contributed by atoms with Gasteiger partial charge >= 0.3 is 5.97 Å². The molecular formula is C18H14ClF2NO3. The molecular weight excluding hydrogens is 352 g/mol. The minimum Gasteiger partial charge on any atom is -0.449 e. The Kier molecular flexibility index (Phi) is 6.25. The number of amides is 1. The van der Waals surface area contributed by atoms with Crippen molar-refractivity contribution in [1.29, 1.82) is 0 Å². The van der Waals surface area contributed by atoms with Crippen molar-refractivity contribution in [3.63, 3.8) is 0 Å². The van der Waals surface area contributed by atoms with Crippen LogP contribution in [0.5, 0.6) is 0 Å². The predicted molar refractivity (Wildman–Crippen MR) is 91.0 cm³/mol. The van der Waals surface area contributed by atoms with Crippen LogP contribution >= 0.6 is 11.6 Å². The van der Waals surface area contributed by atoms with E-state index in [-0.39, 0.29) is 16.3 Å². The van der Waals surface area contributed by atoms with Gasteiger partial charge in [0.15, 0.2) is 6.10 Å². The highest BCUT2D eigenvalue weighted by molar-refractivity contribution is 6.30. The average Bonchev–Trinajstić information content (AvgIpc) is 2.56. The Morgan fingerprint density at radius 3 is 2.56 bits per heavy atom. The summed E-state index contributed by atoms with van der Waals surface area (Å²) in [6.45, 7) is 1.33. The largest absolute Gasteiger partial charge is 0.449 e. The summed E-state index contributed by atoms with van der Waals surface area (Å²) in [5, 5.41) is 2.48. The summed E-state index contributed by atoms with van der Waals surface area (Å²) in [4.78, 5) is 23.6. The number of anilines is 1. The van der Waals surface area contributed by atoms with Gasteiger partial charge in [0.25, 0.3) is 5.91 Å². The number of benzene rings is 2. The first-order valence-electron chi connectivity index (χ1n) is 7.26. The van der Waals surface area contributed by atoms with Crippen molar-refractivity contribution in [3.05, 3.63) is 70.8 Å². The second-order valence-electron chi connectivity index (χ2n) is 5.05. The third kappa shape index (κ3) is 5.39. The number of hydrogen-bond donors (Lipinski definition) is 1. The molecule has 0 aliphatic carbocycles. The fourth-order valence-electron chi connectivity index (χ4n) is 1.86. The molecule has 130 valence electrons. The molecule has 2 rings (SSSR count). The van der Waals surface area contributed by atoms with Crippen molar-refractivity contribution in [1.82, 2.24) is 0 Å². The van der Waals surface area contributed by atoms with E-state index in [0.717, 1.165) is 12.1 Å². The fourth-order valence-corrected chi connectivity index (χ4v) is 2.02. The summed E-state index contributed by atoms with van der Waals surface area (Å²) in [5.41, 5.74) is 0.124. The van der Waals surface area contributed by atoms with Crippen LogP contribution in [0.4, 0.5) is 14.5 Å². The van der Waals surface area contributed by atoms with Gasteiger partial charge in [-0.05, 0) is 37.3 Å². The van der Waals surface area contributed by atoms with E-state index in [1.54, 1.807) is 6.07 Å². The molecule has 1 N–H and O–H groups in total. The third-order valence-electron chi connectivity index (χ3n) is 3.16. The van der Waals surface area contributed by atoms with Gasteiger partial charge in [-0.1, -0.05) is 29.8 Å². The topological polar surface area (TPSA) is 55.4 Å². The number of ether oxygens (including phenoxy) is 1. The summed E-state index contributed by atoms with van der Waals surface area (Å²) < 4.78 is 32.0. The van der Waals surface area contributed by atoms with Crippen LogP contribution in [0, 0.1) is 11.6 Å². The summed E-state index contributed by atoms with van der Waals surface area (Å²) >= 11 is 5.62. The van der Waals surface area contributed by atoms with Crippen molar-refractivity contribution in [3.8, 4) is 0 Å². The molecule has 0 radical (unpaired) electrons. The van der Waals surface area contributed by atoms with Gasteiger partial charge < -0.3 is 10.1 Å². The van der Waals surface area contributed by atoms with E-state index in [1.807, 2.05) is 0 Å². The molecule has 1 amide bonds. The summed E-state index contributed by atoms with van der Waals surface area (Å²) in [6, 6.07) is 9.62. The van der Waals surface area contributed by atoms with Crippen LogP contribution in [0.15, 0.2) is 48.5 Å². The number of hydrogen-bond acceptors (Lipinski definition) is 3. The molecule has 4 nitrogen and oxygen atoms in total. The van der Waals surface area contributed by atoms with Gasteiger partial charge in [0, 0.05) is 16.7 Å². The third-order valence-corrected chi connectivity index (χ3v) is 3.39. The maximum absolute atomic E-state index is 13.6. The molecule has 1 atom stereocenters. The Morgan fingerprint density at radius 1 is 1.16 bits per heavy atom. The van der Waals surface area contributed by atoms with Gasteiger partial charge in [0.05, 0.1) is 5.69 Å². The quantitative estimate of drug-likeness (QED) is 0.638. The van der Waals surface area contributed by atoms with E-state index in [4.69, 9.17) is 16.3 Å². The highest BCUT2D eigenvalue weighted by Gasteiger charge is 2.18. The monoisotopic (exact) mass is 365 g/mol. The van der Waals surface area contributed by atoms with E-state index in [0.29, 0.717) is 0 Å². The molecule has 0 aliphatic rings. The zero-order valence-electron chi connectivity index (χ0n) is 13.1. The molecule has 0 aliphatic heterocycles. The second-order valence-corrected chi connectivity index (χ2v) is 5.48. The Balaban J connectivity index is 1.94. The number of rotatable bonds is 5. The minimum atomic E-state index is -1.17.